The number of benzene rings is 3. The average Bonchev–Trinajstić information content (AvgIpc) is 3.59. The molecule has 0 aliphatic carbocycles. The van der Waals surface area contributed by atoms with Crippen LogP contribution in [0.3, 0.4) is 0 Å². The summed E-state index contributed by atoms with van der Waals surface area (Å²) in [7, 11) is -2.55. The summed E-state index contributed by atoms with van der Waals surface area (Å²) in [6.45, 7) is 1.62. The van der Waals surface area contributed by atoms with Crippen molar-refractivity contribution in [3.8, 4) is 22.9 Å². The van der Waals surface area contributed by atoms with Crippen LogP contribution in [0.2, 0.25) is 0 Å². The lowest BCUT2D eigenvalue weighted by Crippen LogP contribution is -2.23. The number of rotatable bonds is 9. The van der Waals surface area contributed by atoms with Gasteiger partial charge in [0, 0.05) is 35.8 Å². The topological polar surface area (TPSA) is 117 Å². The number of H-pyrrole nitrogens is 2. The standard InChI is InChI=1S/C28H26FN3O5S/c1-28(33,19-8-4-3-5-9-19)24-17-31-27(32-24)18-7-6-10-20(15-18)37-25-22(29)16-23-21(11-12-30-23)26(25)38(34,35)14-13-36-2/h3-12,15-17,30,33H,13-14H2,1-2H3,(H,31,32). The van der Waals surface area contributed by atoms with Crippen molar-refractivity contribution in [2.75, 3.05) is 19.5 Å². The zero-order valence-electron chi connectivity index (χ0n) is 20.7. The molecule has 0 saturated carbocycles. The Balaban J connectivity index is 1.51. The van der Waals surface area contributed by atoms with Gasteiger partial charge in [0.15, 0.2) is 21.4 Å². The highest BCUT2D eigenvalue weighted by molar-refractivity contribution is 7.91. The molecule has 0 amide bonds. The van der Waals surface area contributed by atoms with Gasteiger partial charge in [-0.3, -0.25) is 0 Å². The molecule has 3 aromatic carbocycles. The Kier molecular flexibility index (Phi) is 6.78. The predicted molar refractivity (Wildman–Crippen MR) is 141 cm³/mol. The van der Waals surface area contributed by atoms with Gasteiger partial charge in [-0.05, 0) is 30.7 Å². The van der Waals surface area contributed by atoms with Crippen LogP contribution >= 0.6 is 0 Å². The number of fused-ring (bicyclic) bond motifs is 1. The third-order valence-electron chi connectivity index (χ3n) is 6.35. The molecule has 5 aromatic rings. The summed E-state index contributed by atoms with van der Waals surface area (Å²) in [4.78, 5) is 10.2. The molecule has 3 N–H and O–H groups in total. The first-order chi connectivity index (χ1) is 18.2. The van der Waals surface area contributed by atoms with E-state index in [4.69, 9.17) is 9.47 Å². The maximum atomic E-state index is 15.2. The predicted octanol–water partition coefficient (Wildman–Crippen LogP) is 5.17. The lowest BCUT2D eigenvalue weighted by Gasteiger charge is -2.22. The molecule has 0 aliphatic heterocycles. The van der Waals surface area contributed by atoms with Gasteiger partial charge in [0.05, 0.1) is 24.3 Å². The van der Waals surface area contributed by atoms with Gasteiger partial charge < -0.3 is 24.5 Å². The highest BCUT2D eigenvalue weighted by Gasteiger charge is 2.29. The number of nitrogens with zero attached hydrogens (tertiary/aromatic N) is 1. The maximum absolute atomic E-state index is 15.2. The second-order valence-corrected chi connectivity index (χ2v) is 11.0. The molecule has 196 valence electrons. The third-order valence-corrected chi connectivity index (χ3v) is 8.08. The highest BCUT2D eigenvalue weighted by atomic mass is 32.2. The molecule has 38 heavy (non-hydrogen) atoms. The number of hydrogen-bond acceptors (Lipinski definition) is 6. The summed E-state index contributed by atoms with van der Waals surface area (Å²) in [6, 6.07) is 18.6. The SMILES string of the molecule is COCCS(=O)(=O)c1c(Oc2cccc(-c3ncc(C(C)(O)c4ccccc4)[nH]3)c2)c(F)cc2[nH]ccc12. The normalized spacial score (nSPS) is 13.5. The van der Waals surface area contributed by atoms with Crippen LogP contribution in [-0.2, 0) is 20.2 Å². The summed E-state index contributed by atoms with van der Waals surface area (Å²) in [6.07, 6.45) is 3.10. The molecular formula is C28H26FN3O5S. The Labute approximate surface area is 219 Å². The quantitative estimate of drug-likeness (QED) is 0.240. The molecule has 0 fully saturated rings. The van der Waals surface area contributed by atoms with Gasteiger partial charge >= 0.3 is 0 Å². The number of aromatic nitrogens is 3. The smallest absolute Gasteiger partial charge is 0.185 e. The van der Waals surface area contributed by atoms with Crippen LogP contribution < -0.4 is 4.74 Å². The van der Waals surface area contributed by atoms with Crippen LogP contribution in [0.15, 0.2) is 84.0 Å². The first kappa shape index (κ1) is 25.7. The van der Waals surface area contributed by atoms with Crippen molar-refractivity contribution in [3.05, 3.63) is 96.2 Å². The zero-order valence-corrected chi connectivity index (χ0v) is 21.5. The van der Waals surface area contributed by atoms with E-state index in [1.165, 1.54) is 13.2 Å². The van der Waals surface area contributed by atoms with Gasteiger partial charge in [-0.15, -0.1) is 0 Å². The number of halogens is 1. The third kappa shape index (κ3) is 4.81. The van der Waals surface area contributed by atoms with Gasteiger partial charge in [0.25, 0.3) is 0 Å². The summed E-state index contributed by atoms with van der Waals surface area (Å²) >= 11 is 0. The second-order valence-electron chi connectivity index (χ2n) is 8.98. The van der Waals surface area contributed by atoms with E-state index in [1.807, 2.05) is 30.3 Å². The molecule has 2 heterocycles. The second kappa shape index (κ2) is 10.1. The van der Waals surface area contributed by atoms with E-state index in [2.05, 4.69) is 15.0 Å². The molecule has 5 rings (SSSR count). The number of methoxy groups -OCH3 is 1. The summed E-state index contributed by atoms with van der Waals surface area (Å²) in [5.41, 5.74) is 0.824. The van der Waals surface area contributed by atoms with Crippen molar-refractivity contribution >= 4 is 20.7 Å². The highest BCUT2D eigenvalue weighted by Crippen LogP contribution is 2.39. The molecule has 0 aliphatic rings. The average molecular weight is 536 g/mol. The van der Waals surface area contributed by atoms with Gasteiger partial charge in [-0.25, -0.2) is 17.8 Å². The first-order valence-corrected chi connectivity index (χ1v) is 13.5. The van der Waals surface area contributed by atoms with Crippen LogP contribution in [0, 0.1) is 5.82 Å². The molecule has 1 unspecified atom stereocenters. The molecule has 0 radical (unpaired) electrons. The van der Waals surface area contributed by atoms with Crippen molar-refractivity contribution in [2.45, 2.75) is 17.4 Å². The van der Waals surface area contributed by atoms with Crippen LogP contribution in [0.4, 0.5) is 4.39 Å². The Morgan fingerprint density at radius 3 is 2.63 bits per heavy atom. The number of sulfone groups is 1. The van der Waals surface area contributed by atoms with Crippen molar-refractivity contribution in [1.82, 2.24) is 15.0 Å². The minimum absolute atomic E-state index is 0.0483. The summed E-state index contributed by atoms with van der Waals surface area (Å²) in [5, 5.41) is 11.5. The fourth-order valence-electron chi connectivity index (χ4n) is 4.28. The van der Waals surface area contributed by atoms with E-state index >= 15 is 4.39 Å². The minimum atomic E-state index is -3.95. The van der Waals surface area contributed by atoms with Gasteiger partial charge in [0.1, 0.15) is 22.1 Å². The van der Waals surface area contributed by atoms with Crippen LogP contribution in [-0.4, -0.2) is 47.9 Å². The van der Waals surface area contributed by atoms with E-state index in [0.29, 0.717) is 33.5 Å². The Morgan fingerprint density at radius 2 is 1.87 bits per heavy atom. The molecule has 10 heteroatoms. The lowest BCUT2D eigenvalue weighted by atomic mass is 9.93. The first-order valence-electron chi connectivity index (χ1n) is 11.8. The Bertz CT molecular complexity index is 1690. The molecule has 8 nitrogen and oxygen atoms in total. The molecule has 0 saturated heterocycles. The van der Waals surface area contributed by atoms with E-state index in [0.717, 1.165) is 0 Å². The van der Waals surface area contributed by atoms with Crippen LogP contribution in [0.5, 0.6) is 11.5 Å². The van der Waals surface area contributed by atoms with Crippen molar-refractivity contribution in [3.63, 3.8) is 0 Å². The van der Waals surface area contributed by atoms with Crippen LogP contribution in [0.1, 0.15) is 18.2 Å². The Hall–Kier alpha value is -3.99. The largest absolute Gasteiger partial charge is 0.453 e. The monoisotopic (exact) mass is 535 g/mol. The van der Waals surface area contributed by atoms with E-state index < -0.39 is 27.0 Å². The maximum Gasteiger partial charge on any atom is 0.185 e. The summed E-state index contributed by atoms with van der Waals surface area (Å²) < 4.78 is 52.4. The van der Waals surface area contributed by atoms with Gasteiger partial charge in [0.2, 0.25) is 0 Å². The fraction of sp³-hybridized carbons (Fsp3) is 0.179. The number of aliphatic hydroxyl groups is 1. The Morgan fingerprint density at radius 1 is 1.08 bits per heavy atom. The number of ether oxygens (including phenoxy) is 2. The number of hydrogen-bond donors (Lipinski definition) is 3. The lowest BCUT2D eigenvalue weighted by molar-refractivity contribution is 0.0979. The van der Waals surface area contributed by atoms with E-state index in [-0.39, 0.29) is 23.0 Å². The minimum Gasteiger partial charge on any atom is -0.453 e. The molecule has 1 atom stereocenters. The number of nitrogens with one attached hydrogen (secondary N) is 2. The zero-order chi connectivity index (χ0) is 26.9. The fourth-order valence-corrected chi connectivity index (χ4v) is 5.80. The van der Waals surface area contributed by atoms with Crippen molar-refractivity contribution in [2.24, 2.45) is 0 Å². The van der Waals surface area contributed by atoms with Gasteiger partial charge in [-0.1, -0.05) is 42.5 Å². The van der Waals surface area contributed by atoms with E-state index in [9.17, 15) is 13.5 Å². The molecular weight excluding hydrogens is 509 g/mol. The van der Waals surface area contributed by atoms with Crippen molar-refractivity contribution < 1.29 is 27.4 Å². The van der Waals surface area contributed by atoms with Crippen LogP contribution in [0.25, 0.3) is 22.3 Å². The number of aromatic amines is 2. The van der Waals surface area contributed by atoms with Gasteiger partial charge in [-0.2, -0.15) is 0 Å². The molecule has 0 bridgehead atoms. The molecule has 2 aromatic heterocycles. The van der Waals surface area contributed by atoms with E-state index in [1.54, 1.807) is 49.6 Å². The molecule has 0 spiro atoms. The van der Waals surface area contributed by atoms with Crippen molar-refractivity contribution in [1.29, 1.82) is 0 Å². The summed E-state index contributed by atoms with van der Waals surface area (Å²) in [5.74, 6) is -0.874. The number of imidazole rings is 1.